The molecule has 0 saturated carbocycles. The zero-order valence-electron chi connectivity index (χ0n) is 13.4. The molecule has 1 aromatic carbocycles. The highest BCUT2D eigenvalue weighted by Gasteiger charge is 2.14. The lowest BCUT2D eigenvalue weighted by Gasteiger charge is -2.16. The van der Waals surface area contributed by atoms with Gasteiger partial charge in [-0.3, -0.25) is 0 Å². The first-order valence-electron chi connectivity index (χ1n) is 7.51. The van der Waals surface area contributed by atoms with Gasteiger partial charge in [0.25, 0.3) is 0 Å². The normalized spacial score (nSPS) is 12.3. The van der Waals surface area contributed by atoms with Crippen LogP contribution in [-0.2, 0) is 6.54 Å². The summed E-state index contributed by atoms with van der Waals surface area (Å²) >= 11 is 0. The number of fused-ring (bicyclic) bond motifs is 1. The fourth-order valence-electron chi connectivity index (χ4n) is 2.51. The van der Waals surface area contributed by atoms with Crippen LogP contribution in [0.1, 0.15) is 18.5 Å². The predicted octanol–water partition coefficient (Wildman–Crippen LogP) is 2.14. The van der Waals surface area contributed by atoms with Crippen molar-refractivity contribution in [2.45, 2.75) is 19.5 Å². The minimum absolute atomic E-state index is 0.0227. The highest BCUT2D eigenvalue weighted by atomic mass is 19.1. The van der Waals surface area contributed by atoms with Crippen molar-refractivity contribution in [2.75, 3.05) is 19.0 Å². The number of nitrogens with one attached hydrogen (secondary N) is 1. The van der Waals surface area contributed by atoms with E-state index in [2.05, 4.69) is 20.4 Å². The molecule has 3 rings (SSSR count). The minimum atomic E-state index is -0.410. The van der Waals surface area contributed by atoms with Crippen LogP contribution in [-0.4, -0.2) is 38.6 Å². The molecule has 2 aromatic heterocycles. The van der Waals surface area contributed by atoms with E-state index in [-0.39, 0.29) is 18.4 Å². The number of aliphatic hydroxyl groups is 1. The number of ether oxygens (including phenoxy) is 1. The summed E-state index contributed by atoms with van der Waals surface area (Å²) in [6.07, 6.45) is 3.08. The lowest BCUT2D eigenvalue weighted by Crippen LogP contribution is -2.09. The molecule has 2 N–H and O–H groups in total. The average Bonchev–Trinajstić information content (AvgIpc) is 2.99. The third-order valence-corrected chi connectivity index (χ3v) is 3.77. The topological polar surface area (TPSA) is 85.1 Å². The second-order valence-corrected chi connectivity index (χ2v) is 5.31. The average molecular weight is 331 g/mol. The van der Waals surface area contributed by atoms with E-state index in [9.17, 15) is 4.39 Å². The molecule has 0 aliphatic carbocycles. The summed E-state index contributed by atoms with van der Waals surface area (Å²) in [5.74, 6) is 0.404. The number of aliphatic hydroxyl groups excluding tert-OH is 1. The molecular formula is C16H18FN5O2. The molecule has 1 atom stereocenters. The van der Waals surface area contributed by atoms with Crippen molar-refractivity contribution in [3.05, 3.63) is 42.1 Å². The zero-order chi connectivity index (χ0) is 17.1. The Morgan fingerprint density at radius 2 is 2.21 bits per heavy atom. The number of halogens is 1. The monoisotopic (exact) mass is 331 g/mol. The molecular weight excluding hydrogens is 313 g/mol. The van der Waals surface area contributed by atoms with Gasteiger partial charge in [-0.05, 0) is 24.6 Å². The molecule has 0 bridgehead atoms. The third-order valence-electron chi connectivity index (χ3n) is 3.77. The SMILES string of the molecule is COc1ccc(C(C)Nc2ncnc3c2cnn3CCO)cc1F. The Bertz CT molecular complexity index is 852. The Morgan fingerprint density at radius 1 is 1.38 bits per heavy atom. The van der Waals surface area contributed by atoms with Crippen molar-refractivity contribution in [1.82, 2.24) is 19.7 Å². The minimum Gasteiger partial charge on any atom is -0.494 e. The molecule has 8 heteroatoms. The van der Waals surface area contributed by atoms with Crippen molar-refractivity contribution in [3.63, 3.8) is 0 Å². The fourth-order valence-corrected chi connectivity index (χ4v) is 2.51. The van der Waals surface area contributed by atoms with Crippen LogP contribution in [0.3, 0.4) is 0 Å². The molecule has 0 saturated heterocycles. The number of hydrogen-bond acceptors (Lipinski definition) is 6. The number of aromatic nitrogens is 4. The Kier molecular flexibility index (Phi) is 4.57. The van der Waals surface area contributed by atoms with Crippen LogP contribution in [0.5, 0.6) is 5.75 Å². The smallest absolute Gasteiger partial charge is 0.165 e. The Labute approximate surface area is 138 Å². The van der Waals surface area contributed by atoms with Crippen LogP contribution in [0.4, 0.5) is 10.2 Å². The second-order valence-electron chi connectivity index (χ2n) is 5.31. The van der Waals surface area contributed by atoms with Crippen LogP contribution in [0.25, 0.3) is 11.0 Å². The molecule has 1 unspecified atom stereocenters. The van der Waals surface area contributed by atoms with Crippen molar-refractivity contribution in [2.24, 2.45) is 0 Å². The standard InChI is InChI=1S/C16H18FN5O2/c1-10(11-3-4-14(24-2)13(17)7-11)21-15-12-8-20-22(5-6-23)16(12)19-9-18-15/h3-4,7-10,23H,5-6H2,1-2H3,(H,18,19,21). The summed E-state index contributed by atoms with van der Waals surface area (Å²) in [6, 6.07) is 4.65. The quantitative estimate of drug-likeness (QED) is 0.720. The van der Waals surface area contributed by atoms with E-state index in [4.69, 9.17) is 9.84 Å². The summed E-state index contributed by atoms with van der Waals surface area (Å²) in [5, 5.41) is 17.3. The molecule has 0 spiro atoms. The number of methoxy groups -OCH3 is 1. The molecule has 3 aromatic rings. The summed E-state index contributed by atoms with van der Waals surface area (Å²) in [5.41, 5.74) is 1.40. The van der Waals surface area contributed by atoms with Crippen LogP contribution in [0.2, 0.25) is 0 Å². The molecule has 0 aliphatic rings. The largest absolute Gasteiger partial charge is 0.494 e. The predicted molar refractivity (Wildman–Crippen MR) is 87.4 cm³/mol. The van der Waals surface area contributed by atoms with Crippen molar-refractivity contribution >= 4 is 16.9 Å². The molecule has 24 heavy (non-hydrogen) atoms. The molecule has 0 fully saturated rings. The van der Waals surface area contributed by atoms with Crippen LogP contribution < -0.4 is 10.1 Å². The highest BCUT2D eigenvalue weighted by molar-refractivity contribution is 5.86. The van der Waals surface area contributed by atoms with E-state index in [0.29, 0.717) is 18.0 Å². The number of nitrogens with zero attached hydrogens (tertiary/aromatic N) is 4. The lowest BCUT2D eigenvalue weighted by molar-refractivity contribution is 0.271. The fraction of sp³-hybridized carbons (Fsp3) is 0.312. The van der Waals surface area contributed by atoms with E-state index in [1.807, 2.05) is 6.92 Å². The first-order valence-corrected chi connectivity index (χ1v) is 7.51. The molecule has 7 nitrogen and oxygen atoms in total. The Balaban J connectivity index is 1.88. The first-order chi connectivity index (χ1) is 11.6. The zero-order valence-corrected chi connectivity index (χ0v) is 13.4. The summed E-state index contributed by atoms with van der Waals surface area (Å²) in [7, 11) is 1.43. The van der Waals surface area contributed by atoms with Gasteiger partial charge in [0.15, 0.2) is 17.2 Å². The van der Waals surface area contributed by atoms with E-state index in [1.165, 1.54) is 19.5 Å². The van der Waals surface area contributed by atoms with Crippen molar-refractivity contribution < 1.29 is 14.2 Å². The van der Waals surface area contributed by atoms with E-state index in [0.717, 1.165) is 10.9 Å². The summed E-state index contributed by atoms with van der Waals surface area (Å²) in [6.45, 7) is 2.25. The maximum Gasteiger partial charge on any atom is 0.165 e. The Hall–Kier alpha value is -2.74. The number of anilines is 1. The maximum atomic E-state index is 13.9. The molecule has 0 aliphatic heterocycles. The van der Waals surface area contributed by atoms with Gasteiger partial charge in [-0.2, -0.15) is 5.10 Å². The van der Waals surface area contributed by atoms with Gasteiger partial charge in [0.1, 0.15) is 12.1 Å². The van der Waals surface area contributed by atoms with Gasteiger partial charge in [-0.1, -0.05) is 6.07 Å². The van der Waals surface area contributed by atoms with Gasteiger partial charge in [0.05, 0.1) is 37.9 Å². The summed E-state index contributed by atoms with van der Waals surface area (Å²) < 4.78 is 20.4. The van der Waals surface area contributed by atoms with Gasteiger partial charge in [0.2, 0.25) is 0 Å². The van der Waals surface area contributed by atoms with Gasteiger partial charge in [-0.25, -0.2) is 19.0 Å². The van der Waals surface area contributed by atoms with Crippen LogP contribution in [0.15, 0.2) is 30.7 Å². The number of rotatable bonds is 6. The molecule has 126 valence electrons. The molecule has 0 amide bonds. The van der Waals surface area contributed by atoms with Crippen LogP contribution >= 0.6 is 0 Å². The molecule has 0 radical (unpaired) electrons. The third kappa shape index (κ3) is 3.00. The van der Waals surface area contributed by atoms with Gasteiger partial charge >= 0.3 is 0 Å². The molecule has 2 heterocycles. The van der Waals surface area contributed by atoms with Crippen molar-refractivity contribution in [3.8, 4) is 5.75 Å². The lowest BCUT2D eigenvalue weighted by atomic mass is 10.1. The second kappa shape index (κ2) is 6.79. The van der Waals surface area contributed by atoms with E-state index >= 15 is 0 Å². The summed E-state index contributed by atoms with van der Waals surface area (Å²) in [4.78, 5) is 8.44. The van der Waals surface area contributed by atoms with Gasteiger partial charge in [-0.15, -0.1) is 0 Å². The first kappa shape index (κ1) is 16.1. The Morgan fingerprint density at radius 3 is 2.92 bits per heavy atom. The highest BCUT2D eigenvalue weighted by Crippen LogP contribution is 2.26. The maximum absolute atomic E-state index is 13.9. The van der Waals surface area contributed by atoms with Crippen molar-refractivity contribution in [1.29, 1.82) is 0 Å². The number of benzene rings is 1. The van der Waals surface area contributed by atoms with E-state index in [1.54, 1.807) is 23.0 Å². The van der Waals surface area contributed by atoms with Gasteiger partial charge in [0, 0.05) is 0 Å². The van der Waals surface area contributed by atoms with E-state index < -0.39 is 5.82 Å². The van der Waals surface area contributed by atoms with Gasteiger partial charge < -0.3 is 15.2 Å². The van der Waals surface area contributed by atoms with Crippen LogP contribution in [0, 0.1) is 5.82 Å². The number of hydrogen-bond donors (Lipinski definition) is 2.